The van der Waals surface area contributed by atoms with Crippen molar-refractivity contribution in [3.63, 3.8) is 0 Å². The van der Waals surface area contributed by atoms with E-state index < -0.39 is 6.10 Å². The minimum absolute atomic E-state index is 0.00451. The van der Waals surface area contributed by atoms with Crippen molar-refractivity contribution in [3.8, 4) is 5.75 Å². The number of ether oxygens (including phenoxy) is 1. The fourth-order valence-electron chi connectivity index (χ4n) is 2.61. The van der Waals surface area contributed by atoms with Crippen LogP contribution in [0.25, 0.3) is 0 Å². The first-order valence-corrected chi connectivity index (χ1v) is 7.60. The number of hydrogen-bond acceptors (Lipinski definition) is 2. The molecular weight excluding hydrogens is 250 g/mol. The zero-order chi connectivity index (χ0) is 14.5. The first kappa shape index (κ1) is 14.9. The summed E-state index contributed by atoms with van der Waals surface area (Å²) < 4.78 is 5.74. The molecule has 1 aliphatic rings. The highest BCUT2D eigenvalue weighted by molar-refractivity contribution is 5.81. The van der Waals surface area contributed by atoms with Crippen LogP contribution in [0.4, 0.5) is 0 Å². The third kappa shape index (κ3) is 3.99. The zero-order valence-corrected chi connectivity index (χ0v) is 12.7. The van der Waals surface area contributed by atoms with Gasteiger partial charge < -0.3 is 10.1 Å². The van der Waals surface area contributed by atoms with Gasteiger partial charge in [0.25, 0.3) is 5.91 Å². The molecule has 0 aliphatic heterocycles. The molecule has 2 rings (SSSR count). The fourth-order valence-corrected chi connectivity index (χ4v) is 2.61. The Labute approximate surface area is 121 Å². The molecule has 1 aliphatic carbocycles. The molecule has 0 unspecified atom stereocenters. The van der Waals surface area contributed by atoms with Crippen molar-refractivity contribution < 1.29 is 9.53 Å². The van der Waals surface area contributed by atoms with E-state index in [1.54, 1.807) is 0 Å². The smallest absolute Gasteiger partial charge is 0.260 e. The molecule has 1 fully saturated rings. The maximum Gasteiger partial charge on any atom is 0.260 e. The van der Waals surface area contributed by atoms with Crippen LogP contribution in [0.1, 0.15) is 50.2 Å². The molecule has 0 saturated heterocycles. The number of amides is 1. The Balaban J connectivity index is 1.88. The third-order valence-electron chi connectivity index (χ3n) is 4.11. The number of carbonyl (C=O) groups excluding carboxylic acids is 1. The van der Waals surface area contributed by atoms with Gasteiger partial charge in [0.15, 0.2) is 6.10 Å². The second-order valence-corrected chi connectivity index (χ2v) is 5.85. The van der Waals surface area contributed by atoms with E-state index in [2.05, 4.69) is 19.2 Å². The maximum atomic E-state index is 12.1. The van der Waals surface area contributed by atoms with Gasteiger partial charge in [-0.15, -0.1) is 0 Å². The van der Waals surface area contributed by atoms with Crippen molar-refractivity contribution in [2.24, 2.45) is 0 Å². The lowest BCUT2D eigenvalue weighted by Gasteiger charge is -2.24. The maximum absolute atomic E-state index is 12.1. The molecular formula is C17H25NO2. The van der Waals surface area contributed by atoms with Gasteiger partial charge in [0.1, 0.15) is 5.75 Å². The summed E-state index contributed by atoms with van der Waals surface area (Å²) in [4.78, 5) is 12.1. The molecule has 1 N–H and O–H groups in total. The monoisotopic (exact) mass is 275 g/mol. The number of hydrogen-bond donors (Lipinski definition) is 1. The standard InChI is InChI=1S/C17H25NO2/c1-12-9-10-16(11-13(12)2)20-14(3)17(19)18-15-7-5-4-6-8-15/h9-11,14-15H,4-8H2,1-3H3,(H,18,19)/t14-/m1/s1. The molecule has 3 heteroatoms. The summed E-state index contributed by atoms with van der Waals surface area (Å²) in [6, 6.07) is 6.27. The van der Waals surface area contributed by atoms with Crippen molar-refractivity contribution >= 4 is 5.91 Å². The van der Waals surface area contributed by atoms with E-state index in [-0.39, 0.29) is 5.91 Å². The number of aryl methyl sites for hydroxylation is 2. The lowest BCUT2D eigenvalue weighted by molar-refractivity contribution is -0.128. The van der Waals surface area contributed by atoms with Gasteiger partial charge in [-0.2, -0.15) is 0 Å². The molecule has 20 heavy (non-hydrogen) atoms. The van der Waals surface area contributed by atoms with Crippen LogP contribution in [0.2, 0.25) is 0 Å². The van der Waals surface area contributed by atoms with Gasteiger partial charge in [-0.1, -0.05) is 25.3 Å². The molecule has 1 amide bonds. The Kier molecular flexibility index (Phi) is 5.05. The number of rotatable bonds is 4. The van der Waals surface area contributed by atoms with Gasteiger partial charge in [0, 0.05) is 6.04 Å². The molecule has 3 nitrogen and oxygen atoms in total. The van der Waals surface area contributed by atoms with Crippen LogP contribution in [0.3, 0.4) is 0 Å². The van der Waals surface area contributed by atoms with Crippen LogP contribution in [0, 0.1) is 13.8 Å². The summed E-state index contributed by atoms with van der Waals surface area (Å²) in [5.74, 6) is 0.759. The molecule has 0 aromatic heterocycles. The van der Waals surface area contributed by atoms with Crippen molar-refractivity contribution in [3.05, 3.63) is 29.3 Å². The molecule has 1 saturated carbocycles. The van der Waals surface area contributed by atoms with Crippen molar-refractivity contribution in [2.75, 3.05) is 0 Å². The van der Waals surface area contributed by atoms with Crippen LogP contribution >= 0.6 is 0 Å². The minimum Gasteiger partial charge on any atom is -0.481 e. The van der Waals surface area contributed by atoms with Crippen LogP contribution < -0.4 is 10.1 Å². The van der Waals surface area contributed by atoms with Crippen molar-refractivity contribution in [1.29, 1.82) is 0 Å². The molecule has 0 radical (unpaired) electrons. The second kappa shape index (κ2) is 6.78. The number of nitrogens with one attached hydrogen (secondary N) is 1. The van der Waals surface area contributed by atoms with Gasteiger partial charge in [0.05, 0.1) is 0 Å². The number of benzene rings is 1. The fraction of sp³-hybridized carbons (Fsp3) is 0.588. The number of carbonyl (C=O) groups is 1. The van der Waals surface area contributed by atoms with E-state index in [0.717, 1.165) is 18.6 Å². The largest absolute Gasteiger partial charge is 0.481 e. The van der Waals surface area contributed by atoms with E-state index in [0.29, 0.717) is 6.04 Å². The highest BCUT2D eigenvalue weighted by atomic mass is 16.5. The quantitative estimate of drug-likeness (QED) is 0.913. The molecule has 0 heterocycles. The van der Waals surface area contributed by atoms with E-state index in [1.165, 1.54) is 30.4 Å². The van der Waals surface area contributed by atoms with E-state index in [1.807, 2.05) is 25.1 Å². The predicted octanol–water partition coefficient (Wildman–Crippen LogP) is 3.52. The highest BCUT2D eigenvalue weighted by Gasteiger charge is 2.20. The molecule has 1 atom stereocenters. The molecule has 1 aromatic carbocycles. The topological polar surface area (TPSA) is 38.3 Å². The Hall–Kier alpha value is -1.51. The van der Waals surface area contributed by atoms with E-state index in [9.17, 15) is 4.79 Å². The van der Waals surface area contributed by atoms with Crippen molar-refractivity contribution in [2.45, 2.75) is 65.0 Å². The second-order valence-electron chi connectivity index (χ2n) is 5.85. The SMILES string of the molecule is Cc1ccc(O[C@H](C)C(=O)NC2CCCCC2)cc1C. The Morgan fingerprint density at radius 3 is 2.55 bits per heavy atom. The molecule has 1 aromatic rings. The van der Waals surface area contributed by atoms with Crippen LogP contribution in [-0.4, -0.2) is 18.1 Å². The summed E-state index contributed by atoms with van der Waals surface area (Å²) in [6.07, 6.45) is 5.49. The Morgan fingerprint density at radius 2 is 1.90 bits per heavy atom. The summed E-state index contributed by atoms with van der Waals surface area (Å²) in [7, 11) is 0. The average molecular weight is 275 g/mol. The predicted molar refractivity (Wildman–Crippen MR) is 81.0 cm³/mol. The van der Waals surface area contributed by atoms with Gasteiger partial charge in [0.2, 0.25) is 0 Å². The summed E-state index contributed by atoms with van der Waals surface area (Å²) >= 11 is 0. The highest BCUT2D eigenvalue weighted by Crippen LogP contribution is 2.19. The third-order valence-corrected chi connectivity index (χ3v) is 4.11. The van der Waals surface area contributed by atoms with Crippen LogP contribution in [0.15, 0.2) is 18.2 Å². The van der Waals surface area contributed by atoms with Gasteiger partial charge in [-0.25, -0.2) is 0 Å². The van der Waals surface area contributed by atoms with Gasteiger partial charge in [-0.05, 0) is 56.9 Å². The molecule has 0 bridgehead atoms. The molecule has 110 valence electrons. The van der Waals surface area contributed by atoms with Crippen molar-refractivity contribution in [1.82, 2.24) is 5.32 Å². The lowest BCUT2D eigenvalue weighted by atomic mass is 9.95. The van der Waals surface area contributed by atoms with Crippen LogP contribution in [0.5, 0.6) is 5.75 Å². The van der Waals surface area contributed by atoms with E-state index in [4.69, 9.17) is 4.74 Å². The average Bonchev–Trinajstić information content (AvgIpc) is 2.44. The Bertz CT molecular complexity index is 464. The van der Waals surface area contributed by atoms with Gasteiger partial charge in [-0.3, -0.25) is 4.79 Å². The lowest BCUT2D eigenvalue weighted by Crippen LogP contribution is -2.43. The summed E-state index contributed by atoms with van der Waals surface area (Å²) in [6.45, 7) is 5.93. The minimum atomic E-state index is -0.445. The zero-order valence-electron chi connectivity index (χ0n) is 12.7. The first-order chi connectivity index (χ1) is 9.56. The normalized spacial score (nSPS) is 17.6. The van der Waals surface area contributed by atoms with E-state index >= 15 is 0 Å². The Morgan fingerprint density at radius 1 is 1.20 bits per heavy atom. The molecule has 0 spiro atoms. The first-order valence-electron chi connectivity index (χ1n) is 7.60. The summed E-state index contributed by atoms with van der Waals surface area (Å²) in [5, 5.41) is 3.10. The van der Waals surface area contributed by atoms with Crippen LogP contribution in [-0.2, 0) is 4.79 Å². The van der Waals surface area contributed by atoms with Gasteiger partial charge >= 0.3 is 0 Å². The summed E-state index contributed by atoms with van der Waals surface area (Å²) in [5.41, 5.74) is 2.42.